The number of hydrogen-bond acceptors (Lipinski definition) is 2. The van der Waals surface area contributed by atoms with Crippen LogP contribution in [0, 0.1) is 11.8 Å². The smallest absolute Gasteiger partial charge is 0.255 e. The zero-order chi connectivity index (χ0) is 13.6. The molecule has 3 atom stereocenters. The van der Waals surface area contributed by atoms with E-state index in [0.29, 0.717) is 11.8 Å². The molecule has 1 aliphatic heterocycles. The number of amides is 1. The molecule has 1 heterocycles. The number of carbonyl (C=O) groups is 1. The summed E-state index contributed by atoms with van der Waals surface area (Å²) in [6, 6.07) is 5.96. The number of nitrogens with zero attached hydrogens (tertiary/aromatic N) is 1. The van der Waals surface area contributed by atoms with Crippen molar-refractivity contribution in [2.75, 3.05) is 13.1 Å². The van der Waals surface area contributed by atoms with Gasteiger partial charge in [-0.3, -0.25) is 4.79 Å². The quantitative estimate of drug-likeness (QED) is 0.804. The molecular weight excluding hydrogens is 372 g/mol. The van der Waals surface area contributed by atoms with Gasteiger partial charge < -0.3 is 10.6 Å². The van der Waals surface area contributed by atoms with E-state index in [1.807, 2.05) is 23.1 Å². The molecule has 1 aliphatic carbocycles. The molecule has 2 aliphatic rings. The Morgan fingerprint density at radius 3 is 2.74 bits per heavy atom. The Morgan fingerprint density at radius 2 is 2.05 bits per heavy atom. The van der Waals surface area contributed by atoms with Crippen molar-refractivity contribution in [2.24, 2.45) is 17.6 Å². The summed E-state index contributed by atoms with van der Waals surface area (Å²) in [7, 11) is 0. The number of benzene rings is 1. The molecule has 0 radical (unpaired) electrons. The average Bonchev–Trinajstić information content (AvgIpc) is 2.91. The van der Waals surface area contributed by atoms with Crippen molar-refractivity contribution in [2.45, 2.75) is 18.9 Å². The van der Waals surface area contributed by atoms with Gasteiger partial charge in [-0.15, -0.1) is 0 Å². The summed E-state index contributed by atoms with van der Waals surface area (Å²) >= 11 is 6.87. The van der Waals surface area contributed by atoms with Gasteiger partial charge in [-0.2, -0.15) is 0 Å². The van der Waals surface area contributed by atoms with Gasteiger partial charge in [-0.1, -0.05) is 15.9 Å². The Bertz CT molecular complexity index is 520. The number of rotatable bonds is 1. The lowest BCUT2D eigenvalue weighted by atomic mass is 9.98. The predicted octanol–water partition coefficient (Wildman–Crippen LogP) is 3.02. The van der Waals surface area contributed by atoms with E-state index in [4.69, 9.17) is 5.73 Å². The molecule has 2 fully saturated rings. The van der Waals surface area contributed by atoms with Crippen LogP contribution >= 0.6 is 31.9 Å². The minimum Gasteiger partial charge on any atom is -0.338 e. The van der Waals surface area contributed by atoms with Crippen LogP contribution < -0.4 is 5.73 Å². The second-order valence-electron chi connectivity index (χ2n) is 5.50. The second kappa shape index (κ2) is 5.19. The zero-order valence-electron chi connectivity index (χ0n) is 10.5. The molecule has 3 unspecified atom stereocenters. The molecule has 102 valence electrons. The van der Waals surface area contributed by atoms with Crippen LogP contribution in [0.25, 0.3) is 0 Å². The number of likely N-dealkylation sites (tertiary alicyclic amines) is 1. The predicted molar refractivity (Wildman–Crippen MR) is 81.9 cm³/mol. The number of carbonyl (C=O) groups excluding carboxylic acids is 1. The molecule has 0 spiro atoms. The van der Waals surface area contributed by atoms with E-state index in [1.165, 1.54) is 0 Å². The van der Waals surface area contributed by atoms with Gasteiger partial charge in [0.15, 0.2) is 0 Å². The Labute approximate surface area is 129 Å². The van der Waals surface area contributed by atoms with E-state index in [2.05, 4.69) is 31.9 Å². The highest BCUT2D eigenvalue weighted by Crippen LogP contribution is 2.38. The van der Waals surface area contributed by atoms with Gasteiger partial charge in [0.25, 0.3) is 5.91 Å². The largest absolute Gasteiger partial charge is 0.338 e. The van der Waals surface area contributed by atoms with E-state index >= 15 is 0 Å². The minimum atomic E-state index is 0.112. The Morgan fingerprint density at radius 1 is 1.26 bits per heavy atom. The molecule has 19 heavy (non-hydrogen) atoms. The summed E-state index contributed by atoms with van der Waals surface area (Å²) in [5.41, 5.74) is 6.85. The van der Waals surface area contributed by atoms with E-state index in [-0.39, 0.29) is 11.9 Å². The fourth-order valence-electron chi connectivity index (χ4n) is 3.31. The third-order valence-corrected chi connectivity index (χ3v) is 5.51. The molecule has 0 bridgehead atoms. The SMILES string of the molecule is NC1CCC2CN(C(=O)c3ccc(Br)cc3Br)CC12. The maximum atomic E-state index is 12.6. The van der Waals surface area contributed by atoms with Crippen LogP contribution in [0.5, 0.6) is 0 Å². The van der Waals surface area contributed by atoms with E-state index in [0.717, 1.165) is 40.4 Å². The monoisotopic (exact) mass is 386 g/mol. The molecule has 1 saturated heterocycles. The topological polar surface area (TPSA) is 46.3 Å². The Kier molecular flexibility index (Phi) is 3.71. The molecule has 3 rings (SSSR count). The van der Waals surface area contributed by atoms with Gasteiger partial charge in [0.05, 0.1) is 5.56 Å². The molecule has 5 heteroatoms. The third-order valence-electron chi connectivity index (χ3n) is 4.36. The lowest BCUT2D eigenvalue weighted by molar-refractivity contribution is 0.0778. The lowest BCUT2D eigenvalue weighted by Crippen LogP contribution is -2.33. The van der Waals surface area contributed by atoms with Crippen molar-refractivity contribution in [3.05, 3.63) is 32.7 Å². The first-order chi connectivity index (χ1) is 9.06. The van der Waals surface area contributed by atoms with Crippen LogP contribution in [-0.4, -0.2) is 29.9 Å². The lowest BCUT2D eigenvalue weighted by Gasteiger charge is -2.19. The average molecular weight is 388 g/mol. The zero-order valence-corrected chi connectivity index (χ0v) is 13.7. The van der Waals surface area contributed by atoms with Gasteiger partial charge in [-0.25, -0.2) is 0 Å². The van der Waals surface area contributed by atoms with Crippen molar-refractivity contribution in [1.82, 2.24) is 4.90 Å². The van der Waals surface area contributed by atoms with E-state index in [1.54, 1.807) is 0 Å². The Hall–Kier alpha value is -0.390. The van der Waals surface area contributed by atoms with Crippen molar-refractivity contribution in [3.63, 3.8) is 0 Å². The molecule has 1 amide bonds. The fourth-order valence-corrected chi connectivity index (χ4v) is 4.52. The van der Waals surface area contributed by atoms with Crippen molar-refractivity contribution < 1.29 is 4.79 Å². The molecule has 2 N–H and O–H groups in total. The van der Waals surface area contributed by atoms with Gasteiger partial charge >= 0.3 is 0 Å². The van der Waals surface area contributed by atoms with Crippen LogP contribution in [0.1, 0.15) is 23.2 Å². The van der Waals surface area contributed by atoms with Gasteiger partial charge in [0, 0.05) is 28.1 Å². The fraction of sp³-hybridized carbons (Fsp3) is 0.500. The number of fused-ring (bicyclic) bond motifs is 1. The van der Waals surface area contributed by atoms with E-state index in [9.17, 15) is 4.79 Å². The first kappa shape index (κ1) is 13.6. The summed E-state index contributed by atoms with van der Waals surface area (Å²) in [6.07, 6.45) is 2.27. The van der Waals surface area contributed by atoms with Crippen LogP contribution in [0.4, 0.5) is 0 Å². The summed E-state index contributed by atoms with van der Waals surface area (Å²) in [4.78, 5) is 14.5. The third kappa shape index (κ3) is 2.48. The summed E-state index contributed by atoms with van der Waals surface area (Å²) < 4.78 is 1.81. The van der Waals surface area contributed by atoms with Crippen molar-refractivity contribution in [1.29, 1.82) is 0 Å². The van der Waals surface area contributed by atoms with Crippen LogP contribution in [0.3, 0.4) is 0 Å². The first-order valence-electron chi connectivity index (χ1n) is 6.56. The molecule has 3 nitrogen and oxygen atoms in total. The maximum absolute atomic E-state index is 12.6. The minimum absolute atomic E-state index is 0.112. The summed E-state index contributed by atoms with van der Waals surface area (Å²) in [6.45, 7) is 1.67. The van der Waals surface area contributed by atoms with Crippen LogP contribution in [0.15, 0.2) is 27.1 Å². The highest BCUT2D eigenvalue weighted by Gasteiger charge is 2.42. The standard InChI is InChI=1S/C14H16Br2N2O/c15-9-2-3-10(12(16)5-9)14(19)18-6-8-1-4-13(17)11(8)7-18/h2-3,5,8,11,13H,1,4,6-7,17H2. The van der Waals surface area contributed by atoms with Crippen molar-refractivity contribution >= 4 is 37.8 Å². The van der Waals surface area contributed by atoms with Gasteiger partial charge in [-0.05, 0) is 58.8 Å². The second-order valence-corrected chi connectivity index (χ2v) is 7.27. The van der Waals surface area contributed by atoms with Crippen LogP contribution in [-0.2, 0) is 0 Å². The molecular formula is C14H16Br2N2O. The number of nitrogens with two attached hydrogens (primary N) is 1. The molecule has 0 aromatic heterocycles. The highest BCUT2D eigenvalue weighted by atomic mass is 79.9. The molecule has 1 aromatic carbocycles. The highest BCUT2D eigenvalue weighted by molar-refractivity contribution is 9.11. The summed E-state index contributed by atoms with van der Waals surface area (Å²) in [5, 5.41) is 0. The number of halogens is 2. The molecule has 1 aromatic rings. The van der Waals surface area contributed by atoms with Crippen molar-refractivity contribution in [3.8, 4) is 0 Å². The summed E-state index contributed by atoms with van der Waals surface area (Å²) in [5.74, 6) is 1.22. The maximum Gasteiger partial charge on any atom is 0.255 e. The van der Waals surface area contributed by atoms with Gasteiger partial charge in [0.1, 0.15) is 0 Å². The van der Waals surface area contributed by atoms with Crippen LogP contribution in [0.2, 0.25) is 0 Å². The first-order valence-corrected chi connectivity index (χ1v) is 8.15. The molecule has 1 saturated carbocycles. The van der Waals surface area contributed by atoms with E-state index < -0.39 is 0 Å². The normalized spacial score (nSPS) is 29.6. The Balaban J connectivity index is 1.78. The van der Waals surface area contributed by atoms with Gasteiger partial charge in [0.2, 0.25) is 0 Å². The number of hydrogen-bond donors (Lipinski definition) is 1.